The molecule has 2 aromatic carbocycles. The molecular weight excluding hydrogens is 298 g/mol. The van der Waals surface area contributed by atoms with Crippen LogP contribution >= 0.6 is 11.6 Å². The van der Waals surface area contributed by atoms with Gasteiger partial charge in [-0.25, -0.2) is 0 Å². The third-order valence-electron chi connectivity index (χ3n) is 3.12. The van der Waals surface area contributed by atoms with Gasteiger partial charge in [0.05, 0.1) is 0 Å². The van der Waals surface area contributed by atoms with Crippen molar-refractivity contribution >= 4 is 17.5 Å². The second-order valence-corrected chi connectivity index (χ2v) is 5.92. The highest BCUT2D eigenvalue weighted by molar-refractivity contribution is 6.31. The Morgan fingerprint density at radius 3 is 2.68 bits per heavy atom. The standard InChI is InChI=1S/C18H20ClNO2/c1-13(2)11-20-18(21)14-7-5-8-16(10-14)22-12-15-6-3-4-9-17(15)19/h3-10,13H,11-12H2,1-2H3,(H,20,21). The maximum Gasteiger partial charge on any atom is 0.251 e. The van der Waals surface area contributed by atoms with Crippen LogP contribution in [0.15, 0.2) is 48.5 Å². The van der Waals surface area contributed by atoms with Crippen molar-refractivity contribution in [3.8, 4) is 5.75 Å². The molecule has 0 saturated carbocycles. The summed E-state index contributed by atoms with van der Waals surface area (Å²) in [5.41, 5.74) is 1.51. The van der Waals surface area contributed by atoms with Gasteiger partial charge in [0.2, 0.25) is 0 Å². The molecule has 0 spiro atoms. The van der Waals surface area contributed by atoms with Crippen LogP contribution in [0.4, 0.5) is 0 Å². The van der Waals surface area contributed by atoms with Crippen LogP contribution in [-0.2, 0) is 6.61 Å². The summed E-state index contributed by atoms with van der Waals surface area (Å²) in [6.07, 6.45) is 0. The zero-order valence-electron chi connectivity index (χ0n) is 12.8. The number of carbonyl (C=O) groups is 1. The third-order valence-corrected chi connectivity index (χ3v) is 3.49. The molecule has 0 heterocycles. The molecule has 3 nitrogen and oxygen atoms in total. The van der Waals surface area contributed by atoms with Crippen LogP contribution in [0, 0.1) is 5.92 Å². The second-order valence-electron chi connectivity index (χ2n) is 5.51. The molecule has 0 saturated heterocycles. The third kappa shape index (κ3) is 4.78. The first-order valence-corrected chi connectivity index (χ1v) is 7.68. The van der Waals surface area contributed by atoms with Gasteiger partial charge in [0.15, 0.2) is 0 Å². The van der Waals surface area contributed by atoms with Crippen LogP contribution in [0.2, 0.25) is 5.02 Å². The maximum absolute atomic E-state index is 12.0. The number of halogens is 1. The SMILES string of the molecule is CC(C)CNC(=O)c1cccc(OCc2ccccc2Cl)c1. The highest BCUT2D eigenvalue weighted by atomic mass is 35.5. The van der Waals surface area contributed by atoms with Crippen molar-refractivity contribution < 1.29 is 9.53 Å². The monoisotopic (exact) mass is 317 g/mol. The van der Waals surface area contributed by atoms with Crippen molar-refractivity contribution in [1.82, 2.24) is 5.32 Å². The van der Waals surface area contributed by atoms with E-state index in [2.05, 4.69) is 19.2 Å². The van der Waals surface area contributed by atoms with Crippen LogP contribution in [-0.4, -0.2) is 12.5 Å². The quantitative estimate of drug-likeness (QED) is 0.862. The molecule has 116 valence electrons. The molecule has 0 aliphatic rings. The first-order valence-electron chi connectivity index (χ1n) is 7.30. The summed E-state index contributed by atoms with van der Waals surface area (Å²) in [4.78, 5) is 12.0. The Bertz CT molecular complexity index is 640. The average Bonchev–Trinajstić information content (AvgIpc) is 2.52. The normalized spacial score (nSPS) is 10.5. The summed E-state index contributed by atoms with van der Waals surface area (Å²) in [5, 5.41) is 3.57. The number of benzene rings is 2. The molecule has 1 amide bonds. The van der Waals surface area contributed by atoms with Crippen molar-refractivity contribution in [3.63, 3.8) is 0 Å². The molecule has 0 atom stereocenters. The number of carbonyl (C=O) groups excluding carboxylic acids is 1. The molecule has 0 aliphatic heterocycles. The minimum atomic E-state index is -0.0862. The lowest BCUT2D eigenvalue weighted by Crippen LogP contribution is -2.27. The Morgan fingerprint density at radius 1 is 1.18 bits per heavy atom. The van der Waals surface area contributed by atoms with Crippen LogP contribution in [0.5, 0.6) is 5.75 Å². The highest BCUT2D eigenvalue weighted by Crippen LogP contribution is 2.19. The molecule has 2 aromatic rings. The molecule has 0 aromatic heterocycles. The lowest BCUT2D eigenvalue weighted by Gasteiger charge is -2.10. The van der Waals surface area contributed by atoms with E-state index in [-0.39, 0.29) is 5.91 Å². The number of hydrogen-bond donors (Lipinski definition) is 1. The first kappa shape index (κ1) is 16.4. The Kier molecular flexibility index (Phi) is 5.84. The Morgan fingerprint density at radius 2 is 1.95 bits per heavy atom. The van der Waals surface area contributed by atoms with Gasteiger partial charge in [0.1, 0.15) is 12.4 Å². The van der Waals surface area contributed by atoms with Crippen molar-refractivity contribution in [3.05, 3.63) is 64.7 Å². The van der Waals surface area contributed by atoms with E-state index in [9.17, 15) is 4.79 Å². The second kappa shape index (κ2) is 7.85. The van der Waals surface area contributed by atoms with Crippen molar-refractivity contribution in [2.24, 2.45) is 5.92 Å². The van der Waals surface area contributed by atoms with Gasteiger partial charge in [-0.1, -0.05) is 49.7 Å². The Balaban J connectivity index is 1.99. The summed E-state index contributed by atoms with van der Waals surface area (Å²) >= 11 is 6.10. The highest BCUT2D eigenvalue weighted by Gasteiger charge is 2.07. The predicted octanol–water partition coefficient (Wildman–Crippen LogP) is 4.30. The van der Waals surface area contributed by atoms with Crippen LogP contribution < -0.4 is 10.1 Å². The van der Waals surface area contributed by atoms with E-state index >= 15 is 0 Å². The lowest BCUT2D eigenvalue weighted by molar-refractivity contribution is 0.0948. The fourth-order valence-electron chi connectivity index (χ4n) is 1.90. The molecule has 22 heavy (non-hydrogen) atoms. The van der Waals surface area contributed by atoms with E-state index in [1.165, 1.54) is 0 Å². The van der Waals surface area contributed by atoms with E-state index in [0.29, 0.717) is 35.4 Å². The molecule has 1 N–H and O–H groups in total. The average molecular weight is 318 g/mol. The van der Waals surface area contributed by atoms with Gasteiger partial charge in [-0.15, -0.1) is 0 Å². The minimum absolute atomic E-state index is 0.0862. The summed E-state index contributed by atoms with van der Waals surface area (Å²) in [6, 6.07) is 14.7. The van der Waals surface area contributed by atoms with Gasteiger partial charge < -0.3 is 10.1 Å². The molecule has 0 aliphatic carbocycles. The largest absolute Gasteiger partial charge is 0.489 e. The fraction of sp³-hybridized carbons (Fsp3) is 0.278. The van der Waals surface area contributed by atoms with Crippen LogP contribution in [0.25, 0.3) is 0 Å². The zero-order valence-corrected chi connectivity index (χ0v) is 13.6. The van der Waals surface area contributed by atoms with Crippen molar-refractivity contribution in [1.29, 1.82) is 0 Å². The van der Waals surface area contributed by atoms with Crippen LogP contribution in [0.3, 0.4) is 0 Å². The smallest absolute Gasteiger partial charge is 0.251 e. The van der Waals surface area contributed by atoms with Gasteiger partial charge in [0, 0.05) is 22.7 Å². The van der Waals surface area contributed by atoms with E-state index < -0.39 is 0 Å². The Labute approximate surface area is 136 Å². The molecule has 4 heteroatoms. The Hall–Kier alpha value is -2.00. The van der Waals surface area contributed by atoms with Gasteiger partial charge in [0.25, 0.3) is 5.91 Å². The molecule has 0 radical (unpaired) electrons. The minimum Gasteiger partial charge on any atom is -0.489 e. The van der Waals surface area contributed by atoms with Gasteiger partial charge in [-0.2, -0.15) is 0 Å². The van der Waals surface area contributed by atoms with Crippen molar-refractivity contribution in [2.45, 2.75) is 20.5 Å². The van der Waals surface area contributed by atoms with Gasteiger partial charge in [-0.3, -0.25) is 4.79 Å². The molecule has 0 unspecified atom stereocenters. The van der Waals surface area contributed by atoms with Crippen molar-refractivity contribution in [2.75, 3.05) is 6.54 Å². The summed E-state index contributed by atoms with van der Waals surface area (Å²) in [7, 11) is 0. The fourth-order valence-corrected chi connectivity index (χ4v) is 2.09. The maximum atomic E-state index is 12.0. The summed E-state index contributed by atoms with van der Waals surface area (Å²) in [6.45, 7) is 5.15. The molecule has 0 fully saturated rings. The topological polar surface area (TPSA) is 38.3 Å². The molecule has 2 rings (SSSR count). The van der Waals surface area contributed by atoms with E-state index in [4.69, 9.17) is 16.3 Å². The zero-order chi connectivity index (χ0) is 15.9. The molecule has 0 bridgehead atoms. The van der Waals surface area contributed by atoms with E-state index in [0.717, 1.165) is 5.56 Å². The molecular formula is C18H20ClNO2. The summed E-state index contributed by atoms with van der Waals surface area (Å²) in [5.74, 6) is 0.984. The summed E-state index contributed by atoms with van der Waals surface area (Å²) < 4.78 is 5.72. The lowest BCUT2D eigenvalue weighted by atomic mass is 10.1. The van der Waals surface area contributed by atoms with Crippen LogP contribution in [0.1, 0.15) is 29.8 Å². The first-order chi connectivity index (χ1) is 10.6. The van der Waals surface area contributed by atoms with E-state index in [1.807, 2.05) is 36.4 Å². The number of nitrogens with one attached hydrogen (secondary N) is 1. The number of hydrogen-bond acceptors (Lipinski definition) is 2. The van der Waals surface area contributed by atoms with Gasteiger partial charge in [-0.05, 0) is 30.2 Å². The number of amides is 1. The number of ether oxygens (including phenoxy) is 1. The van der Waals surface area contributed by atoms with E-state index in [1.54, 1.807) is 12.1 Å². The van der Waals surface area contributed by atoms with Gasteiger partial charge >= 0.3 is 0 Å². The predicted molar refractivity (Wildman–Crippen MR) is 89.4 cm³/mol. The number of rotatable bonds is 6.